The van der Waals surface area contributed by atoms with E-state index in [0.717, 1.165) is 0 Å². The van der Waals surface area contributed by atoms with Crippen LogP contribution in [0.15, 0.2) is 35.2 Å². The monoisotopic (exact) mass is 415 g/mol. The summed E-state index contributed by atoms with van der Waals surface area (Å²) in [5.41, 5.74) is 0. The molecule has 2 aliphatic heterocycles. The van der Waals surface area contributed by atoms with Crippen LogP contribution in [0.3, 0.4) is 0 Å². The Morgan fingerprint density at radius 1 is 1.00 bits per heavy atom. The van der Waals surface area contributed by atoms with E-state index >= 15 is 0 Å². The minimum Gasteiger partial charge on any atom is -0.339 e. The molecule has 1 aromatic rings. The lowest BCUT2D eigenvalue weighted by atomic mass is 10.2. The third kappa shape index (κ3) is 4.03. The first-order chi connectivity index (χ1) is 12.8. The fourth-order valence-electron chi connectivity index (χ4n) is 3.58. The number of amides is 1. The van der Waals surface area contributed by atoms with Crippen molar-refractivity contribution >= 4 is 26.0 Å². The van der Waals surface area contributed by atoms with E-state index < -0.39 is 26.1 Å². The lowest BCUT2D eigenvalue weighted by molar-refractivity contribution is -0.135. The van der Waals surface area contributed by atoms with Crippen LogP contribution in [0.5, 0.6) is 0 Å². The molecular weight excluding hydrogens is 390 g/mol. The molecule has 2 heterocycles. The van der Waals surface area contributed by atoms with Gasteiger partial charge in [0.1, 0.15) is 6.04 Å². The molecule has 2 aliphatic rings. The average molecular weight is 416 g/mol. The van der Waals surface area contributed by atoms with Gasteiger partial charge in [0.15, 0.2) is 0 Å². The zero-order valence-electron chi connectivity index (χ0n) is 15.3. The Morgan fingerprint density at radius 2 is 1.63 bits per heavy atom. The second-order valence-corrected chi connectivity index (χ2v) is 10.9. The average Bonchev–Trinajstić information content (AvgIpc) is 3.19. The van der Waals surface area contributed by atoms with Gasteiger partial charge < -0.3 is 4.90 Å². The fourth-order valence-corrected chi connectivity index (χ4v) is 6.34. The molecule has 1 amide bonds. The van der Waals surface area contributed by atoms with Gasteiger partial charge in [0.25, 0.3) is 0 Å². The van der Waals surface area contributed by atoms with Crippen molar-refractivity contribution in [2.24, 2.45) is 0 Å². The van der Waals surface area contributed by atoms with Gasteiger partial charge in [-0.15, -0.1) is 0 Å². The predicted molar refractivity (Wildman–Crippen MR) is 101 cm³/mol. The number of piperazine rings is 1. The van der Waals surface area contributed by atoms with Crippen LogP contribution >= 0.6 is 0 Å². The first kappa shape index (κ1) is 20.2. The van der Waals surface area contributed by atoms with Crippen LogP contribution in [0.25, 0.3) is 0 Å². The zero-order valence-corrected chi connectivity index (χ0v) is 17.0. The van der Waals surface area contributed by atoms with Crippen molar-refractivity contribution in [3.63, 3.8) is 0 Å². The van der Waals surface area contributed by atoms with E-state index in [9.17, 15) is 21.6 Å². The van der Waals surface area contributed by atoms with Gasteiger partial charge in [-0.25, -0.2) is 16.8 Å². The van der Waals surface area contributed by atoms with Gasteiger partial charge in [-0.2, -0.15) is 8.61 Å². The number of carbonyl (C=O) groups excluding carboxylic acids is 1. The number of benzene rings is 1. The van der Waals surface area contributed by atoms with Gasteiger partial charge in [0.2, 0.25) is 26.0 Å². The summed E-state index contributed by atoms with van der Waals surface area (Å²) in [6, 6.07) is 7.41. The number of rotatable bonds is 5. The van der Waals surface area contributed by atoms with Gasteiger partial charge in [0, 0.05) is 32.7 Å². The van der Waals surface area contributed by atoms with Gasteiger partial charge in [-0.1, -0.05) is 18.2 Å². The summed E-state index contributed by atoms with van der Waals surface area (Å²) in [5, 5.41) is 0. The van der Waals surface area contributed by atoms with Crippen molar-refractivity contribution in [3.05, 3.63) is 30.3 Å². The highest BCUT2D eigenvalue weighted by molar-refractivity contribution is 7.89. The number of carbonyl (C=O) groups is 1. The SMILES string of the molecule is CCS(=O)(=O)N1CCN(C(=O)C2CCCN2S(=O)(=O)c2ccccc2)CC1. The van der Waals surface area contributed by atoms with E-state index in [4.69, 9.17) is 0 Å². The molecule has 10 heteroatoms. The third-order valence-corrected chi connectivity index (χ3v) is 8.95. The van der Waals surface area contributed by atoms with Crippen LogP contribution in [0, 0.1) is 0 Å². The van der Waals surface area contributed by atoms with Crippen LogP contribution in [0.4, 0.5) is 0 Å². The Morgan fingerprint density at radius 3 is 2.22 bits per heavy atom. The lowest BCUT2D eigenvalue weighted by Crippen LogP contribution is -2.55. The number of hydrogen-bond acceptors (Lipinski definition) is 5. The van der Waals surface area contributed by atoms with Gasteiger partial charge in [0.05, 0.1) is 10.6 Å². The van der Waals surface area contributed by atoms with Crippen molar-refractivity contribution in [1.29, 1.82) is 0 Å². The fraction of sp³-hybridized carbons (Fsp3) is 0.588. The molecule has 0 saturated carbocycles. The van der Waals surface area contributed by atoms with Crippen molar-refractivity contribution in [1.82, 2.24) is 13.5 Å². The smallest absolute Gasteiger partial charge is 0.243 e. The summed E-state index contributed by atoms with van der Waals surface area (Å²) in [5.74, 6) is -0.201. The van der Waals surface area contributed by atoms with Crippen molar-refractivity contribution in [2.45, 2.75) is 30.7 Å². The van der Waals surface area contributed by atoms with Gasteiger partial charge >= 0.3 is 0 Å². The molecule has 0 spiro atoms. The standard InChI is InChI=1S/C17H25N3O5S2/c1-2-26(22,23)19-13-11-18(12-14-19)17(21)16-9-6-10-20(16)27(24,25)15-7-4-3-5-8-15/h3-5,7-8,16H,2,6,9-14H2,1H3. The van der Waals surface area contributed by atoms with E-state index in [1.54, 1.807) is 30.0 Å². The molecule has 3 rings (SSSR count). The largest absolute Gasteiger partial charge is 0.339 e. The molecule has 0 aromatic heterocycles. The molecule has 2 saturated heterocycles. The van der Waals surface area contributed by atoms with E-state index in [0.29, 0.717) is 19.4 Å². The summed E-state index contributed by atoms with van der Waals surface area (Å²) in [6.45, 7) is 2.98. The first-order valence-electron chi connectivity index (χ1n) is 9.11. The second-order valence-electron chi connectivity index (χ2n) is 6.71. The number of hydrogen-bond donors (Lipinski definition) is 0. The minimum absolute atomic E-state index is 0.0344. The first-order valence-corrected chi connectivity index (χ1v) is 12.2. The minimum atomic E-state index is -3.73. The van der Waals surface area contributed by atoms with Crippen LogP contribution < -0.4 is 0 Å². The van der Waals surface area contributed by atoms with Crippen molar-refractivity contribution in [3.8, 4) is 0 Å². The molecule has 1 unspecified atom stereocenters. The van der Waals surface area contributed by atoms with Crippen LogP contribution in [0.1, 0.15) is 19.8 Å². The quantitative estimate of drug-likeness (QED) is 0.691. The van der Waals surface area contributed by atoms with Crippen LogP contribution in [-0.4, -0.2) is 80.8 Å². The maximum atomic E-state index is 13.0. The lowest BCUT2D eigenvalue weighted by Gasteiger charge is -2.36. The second kappa shape index (κ2) is 7.86. The molecule has 150 valence electrons. The molecular formula is C17H25N3O5S2. The van der Waals surface area contributed by atoms with Gasteiger partial charge in [-0.05, 0) is 31.9 Å². The highest BCUT2D eigenvalue weighted by Crippen LogP contribution is 2.27. The summed E-state index contributed by atoms with van der Waals surface area (Å²) >= 11 is 0. The van der Waals surface area contributed by atoms with E-state index in [1.165, 1.54) is 20.7 Å². The Kier molecular flexibility index (Phi) is 5.90. The molecule has 2 fully saturated rings. The summed E-state index contributed by atoms with van der Waals surface area (Å²) in [4.78, 5) is 14.7. The van der Waals surface area contributed by atoms with Crippen molar-refractivity contribution in [2.75, 3.05) is 38.5 Å². The van der Waals surface area contributed by atoms with Crippen molar-refractivity contribution < 1.29 is 21.6 Å². The molecule has 1 aromatic carbocycles. The van der Waals surface area contributed by atoms with E-state index in [-0.39, 0.29) is 42.7 Å². The normalized spacial score (nSPS) is 22.9. The van der Waals surface area contributed by atoms with Gasteiger partial charge in [-0.3, -0.25) is 4.79 Å². The molecule has 0 aliphatic carbocycles. The molecule has 1 atom stereocenters. The molecule has 0 bridgehead atoms. The highest BCUT2D eigenvalue weighted by atomic mass is 32.2. The maximum Gasteiger partial charge on any atom is 0.243 e. The number of sulfonamides is 2. The topological polar surface area (TPSA) is 95.1 Å². The van der Waals surface area contributed by atoms with E-state index in [2.05, 4.69) is 0 Å². The summed E-state index contributed by atoms with van der Waals surface area (Å²) in [7, 11) is -7.00. The summed E-state index contributed by atoms with van der Waals surface area (Å²) in [6.07, 6.45) is 1.12. The highest BCUT2D eigenvalue weighted by Gasteiger charge is 2.42. The Labute approximate surface area is 160 Å². The molecule has 0 radical (unpaired) electrons. The zero-order chi connectivity index (χ0) is 19.7. The Balaban J connectivity index is 1.72. The van der Waals surface area contributed by atoms with Crippen LogP contribution in [0.2, 0.25) is 0 Å². The third-order valence-electron chi connectivity index (χ3n) is 5.15. The maximum absolute atomic E-state index is 13.0. The van der Waals surface area contributed by atoms with E-state index in [1.807, 2.05) is 0 Å². The number of nitrogens with zero attached hydrogens (tertiary/aromatic N) is 3. The van der Waals surface area contributed by atoms with Crippen LogP contribution in [-0.2, 0) is 24.8 Å². The Bertz CT molecular complexity index is 878. The Hall–Kier alpha value is -1.49. The molecule has 8 nitrogen and oxygen atoms in total. The molecule has 0 N–H and O–H groups in total. The predicted octanol–water partition coefficient (Wildman–Crippen LogP) is 0.334. The summed E-state index contributed by atoms with van der Waals surface area (Å²) < 4.78 is 52.5. The molecule has 27 heavy (non-hydrogen) atoms.